The zero-order valence-corrected chi connectivity index (χ0v) is 37.6. The van der Waals surface area contributed by atoms with Gasteiger partial charge in [0.1, 0.15) is 29.0 Å². The molecular formula is C50H61FN4O10. The quantitative estimate of drug-likeness (QED) is 0.0325. The molecule has 0 bridgehead atoms. The van der Waals surface area contributed by atoms with Crippen LogP contribution in [0, 0.1) is 33.7 Å². The summed E-state index contributed by atoms with van der Waals surface area (Å²) in [6, 6.07) is 16.1. The molecule has 3 aromatic carbocycles. The van der Waals surface area contributed by atoms with E-state index in [4.69, 9.17) is 24.2 Å². The number of ether oxygens (including phenoxy) is 3. The standard InChI is InChI=1S/C50H61FN4O10/c1-6-28-62-50-44(54(32-34-14-19-36(51)20-15-34)45(58)25-18-33-16-21-37(22-17-33)55(60)61)31-42(53-65-49(3,4)5)40-29-35(12-8-10-26-56)39(13-9-11-27-57)46(47(40)50)41-30-38(23-24-43(41)64-50)63-48(59)52-7-2/h6,14-25,29-30,35,39,44,46-47,56-57H,1,7-13,26-28,31-32H2,2-5H3,(H,52,59)/t35-,39+,44-,46+,47+,50+/m0/s1. The fourth-order valence-electron chi connectivity index (χ4n) is 9.29. The van der Waals surface area contributed by atoms with Gasteiger partial charge >= 0.3 is 6.09 Å². The normalized spacial score (nSPS) is 22.8. The number of nitrogens with one attached hydrogen (secondary N) is 1. The van der Waals surface area contributed by atoms with Crippen molar-refractivity contribution in [3.05, 3.63) is 130 Å². The van der Waals surface area contributed by atoms with E-state index in [0.29, 0.717) is 60.6 Å². The van der Waals surface area contributed by atoms with Gasteiger partial charge in [0.2, 0.25) is 11.7 Å². The van der Waals surface area contributed by atoms with Gasteiger partial charge in [-0.1, -0.05) is 42.3 Å². The van der Waals surface area contributed by atoms with Gasteiger partial charge in [0, 0.05) is 62.4 Å². The Bertz CT molecular complexity index is 2240. The van der Waals surface area contributed by atoms with Crippen molar-refractivity contribution in [1.29, 1.82) is 0 Å². The first-order valence-corrected chi connectivity index (χ1v) is 22.4. The minimum absolute atomic E-state index is 0.00330. The van der Waals surface area contributed by atoms with Crippen LogP contribution in [0.5, 0.6) is 11.5 Å². The summed E-state index contributed by atoms with van der Waals surface area (Å²) in [7, 11) is 0. The average Bonchev–Trinajstić information content (AvgIpc) is 3.28. The van der Waals surface area contributed by atoms with Gasteiger partial charge in [-0.2, -0.15) is 0 Å². The molecule has 2 aliphatic carbocycles. The monoisotopic (exact) mass is 896 g/mol. The number of aliphatic hydroxyl groups excluding tert-OH is 2. The molecule has 65 heavy (non-hydrogen) atoms. The third-order valence-electron chi connectivity index (χ3n) is 12.1. The second-order valence-corrected chi connectivity index (χ2v) is 17.7. The van der Waals surface area contributed by atoms with E-state index in [-0.39, 0.29) is 56.2 Å². The Morgan fingerprint density at radius 2 is 1.75 bits per heavy atom. The van der Waals surface area contributed by atoms with Gasteiger partial charge in [-0.25, -0.2) is 9.18 Å². The maximum absolute atomic E-state index is 15.0. The summed E-state index contributed by atoms with van der Waals surface area (Å²) in [5, 5.41) is 38.8. The highest BCUT2D eigenvalue weighted by molar-refractivity contribution is 6.03. The average molecular weight is 897 g/mol. The molecule has 3 N–H and O–H groups in total. The molecule has 1 saturated carbocycles. The molecule has 3 aromatic rings. The maximum atomic E-state index is 15.0. The van der Waals surface area contributed by atoms with E-state index in [1.807, 2.05) is 26.8 Å². The molecule has 2 amide bonds. The number of nitro benzene ring substituents is 1. The van der Waals surface area contributed by atoms with Crippen LogP contribution in [0.25, 0.3) is 6.08 Å². The highest BCUT2D eigenvalue weighted by Gasteiger charge is 2.65. The highest BCUT2D eigenvalue weighted by atomic mass is 19.1. The topological polar surface area (TPSA) is 182 Å². The molecule has 0 aromatic heterocycles. The van der Waals surface area contributed by atoms with Crippen LogP contribution in [0.3, 0.4) is 0 Å². The molecular weight excluding hydrogens is 836 g/mol. The summed E-state index contributed by atoms with van der Waals surface area (Å²) in [4.78, 5) is 46.6. The van der Waals surface area contributed by atoms with Gasteiger partial charge in [-0.05, 0) is 130 Å². The Morgan fingerprint density at radius 3 is 2.40 bits per heavy atom. The van der Waals surface area contributed by atoms with Gasteiger partial charge in [0.15, 0.2) is 0 Å². The molecule has 348 valence electrons. The van der Waals surface area contributed by atoms with Crippen molar-refractivity contribution in [3.8, 4) is 11.5 Å². The number of hydrogen-bond acceptors (Lipinski definition) is 11. The van der Waals surface area contributed by atoms with Crippen molar-refractivity contribution < 1.29 is 48.2 Å². The molecule has 14 nitrogen and oxygen atoms in total. The number of carbonyl (C=O) groups is 2. The highest BCUT2D eigenvalue weighted by Crippen LogP contribution is 2.62. The second kappa shape index (κ2) is 21.9. The van der Waals surface area contributed by atoms with Gasteiger partial charge in [-0.15, -0.1) is 6.58 Å². The number of amides is 2. The summed E-state index contributed by atoms with van der Waals surface area (Å²) in [5.74, 6) is -2.88. The third kappa shape index (κ3) is 11.7. The van der Waals surface area contributed by atoms with Gasteiger partial charge < -0.3 is 39.5 Å². The SMILES string of the molecule is C=CCO[C@@]12Oc3ccc(OC(=O)NCC)cc3[C@H]3[C@H](CCCCO)[C@@H](CCCCO)C=C(C(=NOC(C)(C)C)C[C@@H]1N(Cc1ccc(F)cc1)C(=O)C=Cc1ccc([N+](=O)[O-])cc1)[C@H]32. The Kier molecular flexibility index (Phi) is 16.3. The van der Waals surface area contributed by atoms with Crippen LogP contribution in [0.15, 0.2) is 102 Å². The summed E-state index contributed by atoms with van der Waals surface area (Å²) in [5.41, 5.74) is 2.57. The van der Waals surface area contributed by atoms with Crippen molar-refractivity contribution in [2.45, 2.75) is 103 Å². The summed E-state index contributed by atoms with van der Waals surface area (Å²) < 4.78 is 34.5. The maximum Gasteiger partial charge on any atom is 0.412 e. The summed E-state index contributed by atoms with van der Waals surface area (Å²) in [6.45, 7) is 11.9. The number of hydrogen-bond donors (Lipinski definition) is 3. The van der Waals surface area contributed by atoms with Crippen molar-refractivity contribution in [2.24, 2.45) is 22.9 Å². The molecule has 0 saturated heterocycles. The minimum atomic E-state index is -1.61. The number of oxime groups is 1. The van der Waals surface area contributed by atoms with Gasteiger partial charge in [0.05, 0.1) is 23.2 Å². The largest absolute Gasteiger partial charge is 0.459 e. The first-order chi connectivity index (χ1) is 31.2. The number of aliphatic hydroxyl groups is 2. The molecule has 0 spiro atoms. The number of carbonyl (C=O) groups excluding carboxylic acids is 2. The van der Waals surface area contributed by atoms with E-state index >= 15 is 4.79 Å². The second-order valence-electron chi connectivity index (χ2n) is 17.7. The lowest BCUT2D eigenvalue weighted by Gasteiger charge is -2.60. The van der Waals surface area contributed by atoms with E-state index in [9.17, 15) is 29.5 Å². The molecule has 3 aliphatic rings. The van der Waals surface area contributed by atoms with Crippen LogP contribution < -0.4 is 14.8 Å². The van der Waals surface area contributed by atoms with Crippen LogP contribution in [-0.2, 0) is 20.9 Å². The summed E-state index contributed by atoms with van der Waals surface area (Å²) in [6.07, 6.45) is 10.4. The number of non-ortho nitro benzene ring substituents is 1. The van der Waals surface area contributed by atoms with Crippen LogP contribution >= 0.6 is 0 Å². The Morgan fingerprint density at radius 1 is 1.05 bits per heavy atom. The predicted octanol–water partition coefficient (Wildman–Crippen LogP) is 9.02. The molecule has 1 aliphatic heterocycles. The summed E-state index contributed by atoms with van der Waals surface area (Å²) >= 11 is 0. The van der Waals surface area contributed by atoms with Crippen LogP contribution in [0.2, 0.25) is 0 Å². The Balaban J connectivity index is 1.62. The minimum Gasteiger partial charge on any atom is -0.459 e. The molecule has 0 radical (unpaired) electrons. The van der Waals surface area contributed by atoms with Crippen LogP contribution in [0.4, 0.5) is 14.9 Å². The first-order valence-electron chi connectivity index (χ1n) is 22.4. The Labute approximate surface area is 379 Å². The van der Waals surface area contributed by atoms with Crippen molar-refractivity contribution >= 4 is 29.5 Å². The lowest BCUT2D eigenvalue weighted by atomic mass is 9.55. The number of allylic oxidation sites excluding steroid dienone is 1. The van der Waals surface area contributed by atoms with Crippen LogP contribution in [-0.4, -0.2) is 81.5 Å². The van der Waals surface area contributed by atoms with Gasteiger partial charge in [-0.3, -0.25) is 14.9 Å². The predicted molar refractivity (Wildman–Crippen MR) is 245 cm³/mol. The smallest absolute Gasteiger partial charge is 0.412 e. The van der Waals surface area contributed by atoms with E-state index in [2.05, 4.69) is 18.0 Å². The molecule has 1 heterocycles. The number of nitrogens with zero attached hydrogens (tertiary/aromatic N) is 3. The number of benzene rings is 3. The number of nitro groups is 1. The lowest BCUT2D eigenvalue weighted by molar-refractivity contribution is -0.384. The van der Waals surface area contributed by atoms with Crippen molar-refractivity contribution in [1.82, 2.24) is 10.2 Å². The number of rotatable bonds is 20. The van der Waals surface area contributed by atoms with Crippen LogP contribution in [0.1, 0.15) is 95.2 Å². The lowest BCUT2D eigenvalue weighted by Crippen LogP contribution is -2.70. The molecule has 1 fully saturated rings. The van der Waals surface area contributed by atoms with E-state index in [1.165, 1.54) is 30.3 Å². The fraction of sp³-hybridized carbons (Fsp3) is 0.460. The number of unbranched alkanes of at least 4 members (excludes halogenated alkanes) is 2. The fourth-order valence-corrected chi connectivity index (χ4v) is 9.29. The zero-order chi connectivity index (χ0) is 46.7. The first kappa shape index (κ1) is 48.6. The van der Waals surface area contributed by atoms with E-state index in [1.54, 1.807) is 60.4 Å². The molecule has 15 heteroatoms. The van der Waals surface area contributed by atoms with E-state index in [0.717, 1.165) is 24.0 Å². The molecule has 6 atom stereocenters. The third-order valence-corrected chi connectivity index (χ3v) is 12.1. The number of fused-ring (bicyclic) bond motifs is 2. The van der Waals surface area contributed by atoms with Crippen molar-refractivity contribution in [3.63, 3.8) is 0 Å². The van der Waals surface area contributed by atoms with Gasteiger partial charge in [0.25, 0.3) is 5.69 Å². The Hall–Kier alpha value is -5.90. The molecule has 6 rings (SSSR count). The molecule has 0 unspecified atom stereocenters. The zero-order valence-electron chi connectivity index (χ0n) is 37.6. The van der Waals surface area contributed by atoms with E-state index < -0.39 is 46.1 Å². The number of halogens is 1. The van der Waals surface area contributed by atoms with Crippen molar-refractivity contribution in [2.75, 3.05) is 26.4 Å².